The van der Waals surface area contributed by atoms with Crippen molar-refractivity contribution in [3.63, 3.8) is 0 Å². The number of amides is 1. The molecule has 0 spiro atoms. The first-order valence-corrected chi connectivity index (χ1v) is 9.27. The SMILES string of the molecule is CC1CC1C(NC(=O)CCC1CCNCC1)c1ccc(Cl)cc1.Cl. The van der Waals surface area contributed by atoms with Crippen LogP contribution in [0.4, 0.5) is 0 Å². The van der Waals surface area contributed by atoms with Crippen LogP contribution in [0.15, 0.2) is 24.3 Å². The number of nitrogens with one attached hydrogen (secondary N) is 2. The van der Waals surface area contributed by atoms with Crippen molar-refractivity contribution in [1.82, 2.24) is 10.6 Å². The highest BCUT2D eigenvalue weighted by Crippen LogP contribution is 2.47. The number of hydrogen-bond acceptors (Lipinski definition) is 2. The van der Waals surface area contributed by atoms with E-state index in [0.717, 1.165) is 24.5 Å². The second-order valence-corrected chi connectivity index (χ2v) is 7.64. The van der Waals surface area contributed by atoms with E-state index in [1.54, 1.807) is 0 Å². The van der Waals surface area contributed by atoms with Crippen molar-refractivity contribution in [2.75, 3.05) is 13.1 Å². The molecule has 1 amide bonds. The van der Waals surface area contributed by atoms with E-state index >= 15 is 0 Å². The van der Waals surface area contributed by atoms with Gasteiger partial charge in [0.05, 0.1) is 6.04 Å². The summed E-state index contributed by atoms with van der Waals surface area (Å²) in [5, 5.41) is 7.41. The Hall–Kier alpha value is -0.770. The Labute approximate surface area is 156 Å². The number of benzene rings is 1. The van der Waals surface area contributed by atoms with Gasteiger partial charge in [0.15, 0.2) is 0 Å². The Morgan fingerprint density at radius 3 is 2.50 bits per heavy atom. The van der Waals surface area contributed by atoms with Crippen LogP contribution >= 0.6 is 24.0 Å². The predicted molar refractivity (Wildman–Crippen MR) is 102 cm³/mol. The summed E-state index contributed by atoms with van der Waals surface area (Å²) in [5.41, 5.74) is 1.18. The fraction of sp³-hybridized carbons (Fsp3) is 0.632. The fourth-order valence-corrected chi connectivity index (χ4v) is 3.80. The van der Waals surface area contributed by atoms with E-state index in [2.05, 4.69) is 17.6 Å². The highest BCUT2D eigenvalue weighted by molar-refractivity contribution is 6.30. The maximum atomic E-state index is 12.4. The van der Waals surface area contributed by atoms with Crippen LogP contribution < -0.4 is 10.6 Å². The lowest BCUT2D eigenvalue weighted by molar-refractivity contribution is -0.122. The van der Waals surface area contributed by atoms with Gasteiger partial charge in [0.2, 0.25) is 5.91 Å². The molecular formula is C19H28Cl2N2O. The van der Waals surface area contributed by atoms with Gasteiger partial charge < -0.3 is 10.6 Å². The molecule has 0 radical (unpaired) electrons. The molecule has 1 aromatic rings. The first-order valence-electron chi connectivity index (χ1n) is 8.89. The largest absolute Gasteiger partial charge is 0.349 e. The van der Waals surface area contributed by atoms with Crippen molar-refractivity contribution < 1.29 is 4.79 Å². The van der Waals surface area contributed by atoms with Crippen LogP contribution in [0.25, 0.3) is 0 Å². The Balaban J connectivity index is 0.00000208. The Morgan fingerprint density at radius 1 is 1.29 bits per heavy atom. The number of carbonyl (C=O) groups is 1. The minimum atomic E-state index is 0. The zero-order valence-corrected chi connectivity index (χ0v) is 15.8. The van der Waals surface area contributed by atoms with E-state index in [1.807, 2.05) is 24.3 Å². The van der Waals surface area contributed by atoms with E-state index in [1.165, 1.54) is 24.8 Å². The zero-order valence-electron chi connectivity index (χ0n) is 14.3. The molecular weight excluding hydrogens is 343 g/mol. The summed E-state index contributed by atoms with van der Waals surface area (Å²) in [4.78, 5) is 12.4. The summed E-state index contributed by atoms with van der Waals surface area (Å²) in [5.74, 6) is 2.16. The molecule has 3 rings (SSSR count). The molecule has 2 aliphatic rings. The molecule has 24 heavy (non-hydrogen) atoms. The van der Waals surface area contributed by atoms with Crippen LogP contribution in [0.1, 0.15) is 50.6 Å². The quantitative estimate of drug-likeness (QED) is 0.780. The average Bonchev–Trinajstić information content (AvgIpc) is 3.29. The average molecular weight is 371 g/mol. The molecule has 5 heteroatoms. The van der Waals surface area contributed by atoms with Crippen LogP contribution in [-0.2, 0) is 4.79 Å². The van der Waals surface area contributed by atoms with Crippen molar-refractivity contribution in [3.05, 3.63) is 34.9 Å². The van der Waals surface area contributed by atoms with Crippen LogP contribution in [0, 0.1) is 17.8 Å². The van der Waals surface area contributed by atoms with Crippen LogP contribution in [0.2, 0.25) is 5.02 Å². The lowest BCUT2D eigenvalue weighted by Gasteiger charge is -2.23. The molecule has 1 saturated heterocycles. The maximum absolute atomic E-state index is 12.4. The number of carbonyl (C=O) groups excluding carboxylic acids is 1. The molecule has 1 saturated carbocycles. The van der Waals surface area contributed by atoms with Crippen molar-refractivity contribution in [1.29, 1.82) is 0 Å². The monoisotopic (exact) mass is 370 g/mol. The topological polar surface area (TPSA) is 41.1 Å². The van der Waals surface area contributed by atoms with Crippen LogP contribution in [0.3, 0.4) is 0 Å². The highest BCUT2D eigenvalue weighted by Gasteiger charge is 2.40. The number of hydrogen-bond donors (Lipinski definition) is 2. The summed E-state index contributed by atoms with van der Waals surface area (Å²) in [6, 6.07) is 8.06. The second-order valence-electron chi connectivity index (χ2n) is 7.21. The highest BCUT2D eigenvalue weighted by atomic mass is 35.5. The molecule has 0 aromatic heterocycles. The molecule has 3 nitrogen and oxygen atoms in total. The van der Waals surface area contributed by atoms with Gasteiger partial charge in [0, 0.05) is 11.4 Å². The number of halogens is 2. The Bertz CT molecular complexity index is 529. The molecule has 3 unspecified atom stereocenters. The summed E-state index contributed by atoms with van der Waals surface area (Å²) in [6.07, 6.45) is 5.26. The molecule has 134 valence electrons. The molecule has 2 N–H and O–H groups in total. The van der Waals surface area contributed by atoms with Gasteiger partial charge in [0.1, 0.15) is 0 Å². The van der Waals surface area contributed by atoms with Gasteiger partial charge in [-0.3, -0.25) is 4.79 Å². The number of piperidine rings is 1. The molecule has 1 heterocycles. The normalized spacial score (nSPS) is 24.8. The van der Waals surface area contributed by atoms with Gasteiger partial charge in [-0.25, -0.2) is 0 Å². The van der Waals surface area contributed by atoms with Crippen molar-refractivity contribution in [2.45, 2.75) is 45.1 Å². The summed E-state index contributed by atoms with van der Waals surface area (Å²) in [6.45, 7) is 4.45. The van der Waals surface area contributed by atoms with E-state index in [0.29, 0.717) is 24.2 Å². The molecule has 1 aliphatic heterocycles. The summed E-state index contributed by atoms with van der Waals surface area (Å²) >= 11 is 5.99. The van der Waals surface area contributed by atoms with E-state index in [-0.39, 0.29) is 24.4 Å². The van der Waals surface area contributed by atoms with E-state index in [4.69, 9.17) is 11.6 Å². The van der Waals surface area contributed by atoms with Gasteiger partial charge in [-0.15, -0.1) is 12.4 Å². The van der Waals surface area contributed by atoms with Crippen molar-refractivity contribution in [3.8, 4) is 0 Å². The molecule has 3 atom stereocenters. The van der Waals surface area contributed by atoms with Gasteiger partial charge in [-0.05, 0) is 74.2 Å². The minimum absolute atomic E-state index is 0. The lowest BCUT2D eigenvalue weighted by atomic mass is 9.93. The third-order valence-electron chi connectivity index (χ3n) is 5.38. The summed E-state index contributed by atoms with van der Waals surface area (Å²) < 4.78 is 0. The van der Waals surface area contributed by atoms with Crippen molar-refractivity contribution in [2.24, 2.45) is 17.8 Å². The first kappa shape index (κ1) is 19.6. The third-order valence-corrected chi connectivity index (χ3v) is 5.64. The lowest BCUT2D eigenvalue weighted by Crippen LogP contribution is -2.32. The Kier molecular flexibility index (Phi) is 7.39. The molecule has 1 aliphatic carbocycles. The predicted octanol–water partition coefficient (Wildman–Crippen LogP) is 4.35. The Morgan fingerprint density at radius 2 is 1.92 bits per heavy atom. The van der Waals surface area contributed by atoms with E-state index in [9.17, 15) is 4.79 Å². The van der Waals surface area contributed by atoms with E-state index < -0.39 is 0 Å². The van der Waals surface area contributed by atoms with Gasteiger partial charge in [-0.1, -0.05) is 30.7 Å². The molecule has 0 bridgehead atoms. The van der Waals surface area contributed by atoms with Crippen molar-refractivity contribution >= 4 is 29.9 Å². The van der Waals surface area contributed by atoms with Gasteiger partial charge in [0.25, 0.3) is 0 Å². The zero-order chi connectivity index (χ0) is 16.2. The standard InChI is InChI=1S/C19H27ClN2O.ClH/c1-13-12-17(13)19(15-3-5-16(20)6-4-15)22-18(23)7-2-14-8-10-21-11-9-14;/h3-6,13-14,17,19,21H,2,7-12H2,1H3,(H,22,23);1H. The number of rotatable bonds is 6. The molecule has 1 aromatic carbocycles. The van der Waals surface area contributed by atoms with Crippen LogP contribution in [0.5, 0.6) is 0 Å². The second kappa shape index (κ2) is 9.07. The summed E-state index contributed by atoms with van der Waals surface area (Å²) in [7, 11) is 0. The maximum Gasteiger partial charge on any atom is 0.220 e. The smallest absolute Gasteiger partial charge is 0.220 e. The van der Waals surface area contributed by atoms with Gasteiger partial charge >= 0.3 is 0 Å². The third kappa shape index (κ3) is 5.37. The van der Waals surface area contributed by atoms with Gasteiger partial charge in [-0.2, -0.15) is 0 Å². The molecule has 2 fully saturated rings. The first-order chi connectivity index (χ1) is 11.1. The van der Waals surface area contributed by atoms with Crippen LogP contribution in [-0.4, -0.2) is 19.0 Å². The fourth-order valence-electron chi connectivity index (χ4n) is 3.67. The minimum Gasteiger partial charge on any atom is -0.349 e.